The summed E-state index contributed by atoms with van der Waals surface area (Å²) in [5, 5.41) is 0. The van der Waals surface area contributed by atoms with Gasteiger partial charge in [0.1, 0.15) is 4.99 Å². The summed E-state index contributed by atoms with van der Waals surface area (Å²) in [6.07, 6.45) is 5.97. The van der Waals surface area contributed by atoms with Crippen molar-refractivity contribution in [3.8, 4) is 0 Å². The van der Waals surface area contributed by atoms with Crippen LogP contribution in [0, 0.1) is 5.92 Å². The average molecular weight is 326 g/mol. The van der Waals surface area contributed by atoms with Crippen LogP contribution in [-0.4, -0.2) is 20.0 Å². The first-order valence-electron chi connectivity index (χ1n) is 7.32. The van der Waals surface area contributed by atoms with E-state index in [1.807, 2.05) is 0 Å². The Labute approximate surface area is 132 Å². The number of hydrogen-bond donors (Lipinski definition) is 2. The van der Waals surface area contributed by atoms with Crippen LogP contribution in [0.5, 0.6) is 0 Å². The zero-order chi connectivity index (χ0) is 15.3. The van der Waals surface area contributed by atoms with Gasteiger partial charge < -0.3 is 5.73 Å². The Bertz CT molecular complexity index is 576. The number of thiocarbonyl (C=S) groups is 1. The van der Waals surface area contributed by atoms with E-state index in [1.54, 1.807) is 24.3 Å². The van der Waals surface area contributed by atoms with E-state index in [1.165, 1.54) is 19.3 Å². The van der Waals surface area contributed by atoms with Crippen molar-refractivity contribution in [1.29, 1.82) is 0 Å². The molecule has 3 N–H and O–H groups in total. The third-order valence-corrected chi connectivity index (χ3v) is 5.47. The summed E-state index contributed by atoms with van der Waals surface area (Å²) in [6.45, 7) is 0.563. The fourth-order valence-corrected chi connectivity index (χ4v) is 4.03. The zero-order valence-corrected chi connectivity index (χ0v) is 13.7. The summed E-state index contributed by atoms with van der Waals surface area (Å²) in [7, 11) is -3.28. The molecule has 0 heterocycles. The van der Waals surface area contributed by atoms with Crippen LogP contribution in [-0.2, 0) is 15.8 Å². The highest BCUT2D eigenvalue weighted by Crippen LogP contribution is 2.23. The Morgan fingerprint density at radius 3 is 2.38 bits per heavy atom. The van der Waals surface area contributed by atoms with Gasteiger partial charge in [-0.15, -0.1) is 0 Å². The van der Waals surface area contributed by atoms with Gasteiger partial charge in [0.25, 0.3) is 0 Å². The second-order valence-corrected chi connectivity index (χ2v) is 7.92. The summed E-state index contributed by atoms with van der Waals surface area (Å²) < 4.78 is 26.9. The largest absolute Gasteiger partial charge is 0.389 e. The van der Waals surface area contributed by atoms with Crippen LogP contribution in [0.15, 0.2) is 24.3 Å². The maximum atomic E-state index is 12.1. The van der Waals surface area contributed by atoms with Gasteiger partial charge in [-0.25, -0.2) is 13.1 Å². The quantitative estimate of drug-likeness (QED) is 0.787. The molecule has 116 valence electrons. The lowest BCUT2D eigenvalue weighted by molar-refractivity contribution is 0.357. The molecule has 0 amide bonds. The van der Waals surface area contributed by atoms with Gasteiger partial charge in [-0.2, -0.15) is 0 Å². The SMILES string of the molecule is NC(=S)c1ccc(CS(=O)(=O)NCC2CCCCC2)cc1. The van der Waals surface area contributed by atoms with Crippen LogP contribution < -0.4 is 10.5 Å². The molecule has 0 unspecified atom stereocenters. The predicted octanol–water partition coefficient (Wildman–Crippen LogP) is 2.32. The van der Waals surface area contributed by atoms with Crippen molar-refractivity contribution in [3.63, 3.8) is 0 Å². The molecule has 0 spiro atoms. The van der Waals surface area contributed by atoms with Gasteiger partial charge >= 0.3 is 0 Å². The lowest BCUT2D eigenvalue weighted by atomic mass is 9.90. The molecule has 4 nitrogen and oxygen atoms in total. The predicted molar refractivity (Wildman–Crippen MR) is 89.5 cm³/mol. The zero-order valence-electron chi connectivity index (χ0n) is 12.0. The number of benzene rings is 1. The highest BCUT2D eigenvalue weighted by molar-refractivity contribution is 7.88. The van der Waals surface area contributed by atoms with E-state index >= 15 is 0 Å². The normalized spacial score (nSPS) is 16.8. The minimum Gasteiger partial charge on any atom is -0.389 e. The minimum absolute atomic E-state index is 0.00265. The lowest BCUT2D eigenvalue weighted by Gasteiger charge is -2.21. The first-order valence-corrected chi connectivity index (χ1v) is 9.38. The molecule has 0 saturated heterocycles. The smallest absolute Gasteiger partial charge is 0.215 e. The van der Waals surface area contributed by atoms with Crippen molar-refractivity contribution in [3.05, 3.63) is 35.4 Å². The Morgan fingerprint density at radius 2 is 1.81 bits per heavy atom. The molecule has 1 aromatic carbocycles. The van der Waals surface area contributed by atoms with Crippen molar-refractivity contribution < 1.29 is 8.42 Å². The van der Waals surface area contributed by atoms with Crippen LogP contribution in [0.1, 0.15) is 43.2 Å². The highest BCUT2D eigenvalue weighted by Gasteiger charge is 2.17. The van der Waals surface area contributed by atoms with Gasteiger partial charge in [0.05, 0.1) is 5.75 Å². The Hall–Kier alpha value is -0.980. The van der Waals surface area contributed by atoms with E-state index in [9.17, 15) is 8.42 Å². The molecule has 0 radical (unpaired) electrons. The fraction of sp³-hybridized carbons (Fsp3) is 0.533. The number of hydrogen-bond acceptors (Lipinski definition) is 3. The van der Waals surface area contributed by atoms with Crippen LogP contribution in [0.2, 0.25) is 0 Å². The maximum absolute atomic E-state index is 12.1. The molecule has 1 aliphatic carbocycles. The second-order valence-electron chi connectivity index (χ2n) is 5.67. The molecule has 0 atom stereocenters. The van der Waals surface area contributed by atoms with Gasteiger partial charge in [-0.05, 0) is 24.3 Å². The van der Waals surface area contributed by atoms with E-state index in [4.69, 9.17) is 18.0 Å². The Kier molecular flexibility index (Phi) is 5.72. The average Bonchev–Trinajstić information content (AvgIpc) is 2.46. The standard InChI is InChI=1S/C15H22N2O2S2/c16-15(20)14-8-6-13(7-9-14)11-21(18,19)17-10-12-4-2-1-3-5-12/h6-9,12,17H,1-5,10-11H2,(H2,16,20). The minimum atomic E-state index is -3.28. The van der Waals surface area contributed by atoms with Crippen molar-refractivity contribution in [2.45, 2.75) is 37.9 Å². The Balaban J connectivity index is 1.89. The summed E-state index contributed by atoms with van der Waals surface area (Å²) in [5.41, 5.74) is 7.02. The molecular weight excluding hydrogens is 304 g/mol. The molecule has 1 fully saturated rings. The summed E-state index contributed by atoms with van der Waals surface area (Å²) in [5.74, 6) is 0.489. The number of nitrogens with two attached hydrogens (primary N) is 1. The molecule has 2 rings (SSSR count). The maximum Gasteiger partial charge on any atom is 0.215 e. The molecular formula is C15H22N2O2S2. The molecule has 0 aromatic heterocycles. The second kappa shape index (κ2) is 7.33. The number of sulfonamides is 1. The fourth-order valence-electron chi connectivity index (χ4n) is 2.67. The summed E-state index contributed by atoms with van der Waals surface area (Å²) in [6, 6.07) is 7.03. The van der Waals surface area contributed by atoms with E-state index in [2.05, 4.69) is 4.72 Å². The van der Waals surface area contributed by atoms with Gasteiger partial charge in [-0.3, -0.25) is 0 Å². The van der Waals surface area contributed by atoms with Gasteiger partial charge in [0.2, 0.25) is 10.0 Å². The lowest BCUT2D eigenvalue weighted by Crippen LogP contribution is -2.31. The third-order valence-electron chi connectivity index (χ3n) is 3.91. The van der Waals surface area contributed by atoms with E-state index in [0.29, 0.717) is 17.5 Å². The van der Waals surface area contributed by atoms with Crippen molar-refractivity contribution in [2.75, 3.05) is 6.54 Å². The monoisotopic (exact) mass is 326 g/mol. The van der Waals surface area contributed by atoms with Crippen molar-refractivity contribution in [2.24, 2.45) is 11.7 Å². The van der Waals surface area contributed by atoms with Crippen molar-refractivity contribution in [1.82, 2.24) is 4.72 Å². The molecule has 0 bridgehead atoms. The topological polar surface area (TPSA) is 72.2 Å². The van der Waals surface area contributed by atoms with Crippen LogP contribution in [0.3, 0.4) is 0 Å². The molecule has 0 aliphatic heterocycles. The van der Waals surface area contributed by atoms with Crippen LogP contribution in [0.4, 0.5) is 0 Å². The van der Waals surface area contributed by atoms with Gasteiger partial charge in [0, 0.05) is 12.1 Å². The van der Waals surface area contributed by atoms with Gasteiger partial charge in [0.15, 0.2) is 0 Å². The summed E-state index contributed by atoms with van der Waals surface area (Å²) >= 11 is 4.88. The summed E-state index contributed by atoms with van der Waals surface area (Å²) in [4.78, 5) is 0.319. The van der Waals surface area contributed by atoms with Crippen molar-refractivity contribution >= 4 is 27.2 Å². The van der Waals surface area contributed by atoms with Gasteiger partial charge in [-0.1, -0.05) is 55.7 Å². The molecule has 21 heavy (non-hydrogen) atoms. The number of rotatable bonds is 6. The van der Waals surface area contributed by atoms with E-state index in [0.717, 1.165) is 24.0 Å². The molecule has 6 heteroatoms. The first kappa shape index (κ1) is 16.4. The molecule has 1 saturated carbocycles. The van der Waals surface area contributed by atoms with E-state index in [-0.39, 0.29) is 5.75 Å². The third kappa shape index (κ3) is 5.37. The highest BCUT2D eigenvalue weighted by atomic mass is 32.2. The molecule has 1 aliphatic rings. The van der Waals surface area contributed by atoms with Crippen LogP contribution in [0.25, 0.3) is 0 Å². The van der Waals surface area contributed by atoms with Crippen LogP contribution >= 0.6 is 12.2 Å². The molecule has 1 aromatic rings. The first-order chi connectivity index (χ1) is 9.96. The van der Waals surface area contributed by atoms with E-state index < -0.39 is 10.0 Å². The Morgan fingerprint density at radius 1 is 1.19 bits per heavy atom. The number of nitrogens with one attached hydrogen (secondary N) is 1.